The Labute approximate surface area is 143 Å². The fraction of sp³-hybridized carbons (Fsp3) is 0.647. The Kier molecular flexibility index (Phi) is 5.98. The highest BCUT2D eigenvalue weighted by atomic mass is 32.2. The molecule has 0 fully saturated rings. The molecule has 0 heterocycles. The van der Waals surface area contributed by atoms with Crippen LogP contribution in [0.3, 0.4) is 0 Å². The van der Waals surface area contributed by atoms with Crippen molar-refractivity contribution >= 4 is 10.1 Å². The van der Waals surface area contributed by atoms with Gasteiger partial charge in [0.15, 0.2) is 0 Å². The molecule has 2 atom stereocenters. The van der Waals surface area contributed by atoms with E-state index in [1.807, 2.05) is 0 Å². The number of hydrogen-bond acceptors (Lipinski definition) is 4. The van der Waals surface area contributed by atoms with Crippen molar-refractivity contribution < 1.29 is 17.9 Å². The van der Waals surface area contributed by atoms with Crippen LogP contribution in [0.5, 0.6) is 0 Å². The topological polar surface area (TPSA) is 97.5 Å². The second-order valence-electron chi connectivity index (χ2n) is 6.54. The average molecular weight is 355 g/mol. The molecule has 1 aromatic rings. The third-order valence-corrected chi connectivity index (χ3v) is 6.48. The fourth-order valence-electron chi connectivity index (χ4n) is 3.83. The van der Waals surface area contributed by atoms with Gasteiger partial charge in [-0.1, -0.05) is 69.7 Å². The van der Waals surface area contributed by atoms with E-state index in [0.717, 1.165) is 32.1 Å². The monoisotopic (exact) mass is 355 g/mol. The lowest BCUT2D eigenvalue weighted by molar-refractivity contribution is -0.559. The number of hydrogen-bond donors (Lipinski definition) is 1. The maximum absolute atomic E-state index is 12.1. The van der Waals surface area contributed by atoms with Crippen LogP contribution >= 0.6 is 0 Å². The van der Waals surface area contributed by atoms with Gasteiger partial charge in [-0.15, -0.1) is 0 Å². The predicted octanol–water partition coefficient (Wildman–Crippen LogP) is 3.93. The number of rotatable bonds is 9. The first-order valence-corrected chi connectivity index (χ1v) is 9.99. The Morgan fingerprint density at radius 2 is 1.83 bits per heavy atom. The fourth-order valence-corrected chi connectivity index (χ4v) is 5.12. The number of nitrogens with zero attached hydrogens (tertiary/aromatic N) is 1. The van der Waals surface area contributed by atoms with Crippen LogP contribution in [0.25, 0.3) is 0 Å². The minimum absolute atomic E-state index is 0.119. The van der Waals surface area contributed by atoms with E-state index in [9.17, 15) is 23.1 Å². The van der Waals surface area contributed by atoms with E-state index >= 15 is 0 Å². The number of benzene rings is 1. The first-order valence-electron chi connectivity index (χ1n) is 8.55. The lowest BCUT2D eigenvalue weighted by Crippen LogP contribution is -2.47. The smallest absolute Gasteiger partial charge is 0.280 e. The van der Waals surface area contributed by atoms with Crippen molar-refractivity contribution in [2.45, 2.75) is 63.2 Å². The number of fused-ring (bicyclic) bond motifs is 1. The predicted molar refractivity (Wildman–Crippen MR) is 91.9 cm³/mol. The third-order valence-electron chi connectivity index (χ3n) is 4.99. The second-order valence-corrected chi connectivity index (χ2v) is 8.12. The van der Waals surface area contributed by atoms with E-state index in [1.165, 1.54) is 12.5 Å². The van der Waals surface area contributed by atoms with Crippen LogP contribution in [0.4, 0.5) is 0 Å². The molecule has 7 heteroatoms. The molecule has 0 spiro atoms. The van der Waals surface area contributed by atoms with Crippen molar-refractivity contribution in [3.63, 3.8) is 0 Å². The molecular formula is C17H25NO5S. The molecule has 0 radical (unpaired) electrons. The van der Waals surface area contributed by atoms with Crippen molar-refractivity contribution in [1.29, 1.82) is 0 Å². The molecule has 1 aliphatic carbocycles. The molecule has 0 aromatic heterocycles. The summed E-state index contributed by atoms with van der Waals surface area (Å²) in [5.74, 6) is -0.730. The number of nitro groups is 1. The highest BCUT2D eigenvalue weighted by Crippen LogP contribution is 2.49. The molecule has 0 bridgehead atoms. The summed E-state index contributed by atoms with van der Waals surface area (Å²) in [5.41, 5.74) is 0.760. The molecule has 0 saturated carbocycles. The summed E-state index contributed by atoms with van der Waals surface area (Å²) in [6.07, 6.45) is 6.86. The van der Waals surface area contributed by atoms with E-state index in [2.05, 4.69) is 6.92 Å². The van der Waals surface area contributed by atoms with Crippen LogP contribution < -0.4 is 0 Å². The summed E-state index contributed by atoms with van der Waals surface area (Å²) in [4.78, 5) is 8.55. The Hall–Kier alpha value is -1.47. The molecule has 2 rings (SSSR count). The molecule has 1 N–H and O–H groups in total. The normalized spacial score (nSPS) is 23.2. The highest BCUT2D eigenvalue weighted by molar-refractivity contribution is 7.86. The Balaban J connectivity index is 2.23. The van der Waals surface area contributed by atoms with E-state index < -0.39 is 25.8 Å². The van der Waals surface area contributed by atoms with Crippen molar-refractivity contribution in [3.8, 4) is 0 Å². The molecule has 134 valence electrons. The average Bonchev–Trinajstić information content (AvgIpc) is 2.85. The van der Waals surface area contributed by atoms with Gasteiger partial charge in [0.25, 0.3) is 0 Å². The molecule has 1 aliphatic rings. The standard InChI is InChI=1S/C17H25NO5S/c1-2-3-4-5-6-7-11-15-13-14-10-8-9-12-16(14)17(15,18(19)20)24(21,22)23/h8-10,12,15H,2-7,11,13H2,1H3,(H,21,22,23). The Bertz CT molecular complexity index is 688. The summed E-state index contributed by atoms with van der Waals surface area (Å²) in [6.45, 7) is 2.13. The SMILES string of the molecule is CCCCCCCCC1Cc2ccccc2C1([N+](=O)[O-])S(=O)(=O)O. The van der Waals surface area contributed by atoms with E-state index in [0.29, 0.717) is 18.4 Å². The van der Waals surface area contributed by atoms with Gasteiger partial charge < -0.3 is 0 Å². The van der Waals surface area contributed by atoms with Gasteiger partial charge in [0.2, 0.25) is 0 Å². The van der Waals surface area contributed by atoms with Crippen molar-refractivity contribution in [3.05, 3.63) is 45.5 Å². The highest BCUT2D eigenvalue weighted by Gasteiger charge is 2.66. The van der Waals surface area contributed by atoms with Gasteiger partial charge in [-0.3, -0.25) is 14.7 Å². The van der Waals surface area contributed by atoms with Gasteiger partial charge in [0.1, 0.15) is 0 Å². The zero-order valence-corrected chi connectivity index (χ0v) is 14.8. The summed E-state index contributed by atoms with van der Waals surface area (Å²) in [5, 5.41) is 11.8. The van der Waals surface area contributed by atoms with Gasteiger partial charge >= 0.3 is 15.0 Å². The first kappa shape index (κ1) is 18.9. The lowest BCUT2D eigenvalue weighted by atomic mass is 9.93. The second kappa shape index (κ2) is 7.61. The van der Waals surface area contributed by atoms with Crippen LogP contribution in [0.15, 0.2) is 24.3 Å². The summed E-state index contributed by atoms with van der Waals surface area (Å²) < 4.78 is 33.9. The van der Waals surface area contributed by atoms with E-state index in [4.69, 9.17) is 0 Å². The Morgan fingerprint density at radius 3 is 2.46 bits per heavy atom. The maximum atomic E-state index is 12.1. The van der Waals surface area contributed by atoms with Crippen molar-refractivity contribution in [2.75, 3.05) is 0 Å². The minimum Gasteiger partial charge on any atom is -0.280 e. The Morgan fingerprint density at radius 1 is 1.21 bits per heavy atom. The summed E-state index contributed by atoms with van der Waals surface area (Å²) in [7, 11) is -4.88. The molecule has 0 saturated heterocycles. The third kappa shape index (κ3) is 3.32. The molecule has 6 nitrogen and oxygen atoms in total. The molecule has 2 unspecified atom stereocenters. The van der Waals surface area contributed by atoms with E-state index in [1.54, 1.807) is 18.2 Å². The quantitative estimate of drug-likeness (QED) is 0.313. The first-order chi connectivity index (χ1) is 11.4. The maximum Gasteiger partial charge on any atom is 0.371 e. The van der Waals surface area contributed by atoms with Gasteiger partial charge in [0, 0.05) is 0 Å². The molecule has 24 heavy (non-hydrogen) atoms. The van der Waals surface area contributed by atoms with Gasteiger partial charge in [-0.05, 0) is 18.4 Å². The van der Waals surface area contributed by atoms with E-state index in [-0.39, 0.29) is 5.56 Å². The van der Waals surface area contributed by atoms with Gasteiger partial charge in [0.05, 0.1) is 16.4 Å². The zero-order chi connectivity index (χ0) is 17.8. The largest absolute Gasteiger partial charge is 0.371 e. The van der Waals surface area contributed by atoms with Crippen LogP contribution in [-0.2, 0) is 21.4 Å². The summed E-state index contributed by atoms with van der Waals surface area (Å²) in [6, 6.07) is 6.48. The lowest BCUT2D eigenvalue weighted by Gasteiger charge is -2.25. The minimum atomic E-state index is -4.88. The van der Waals surface area contributed by atoms with Crippen molar-refractivity contribution in [2.24, 2.45) is 5.92 Å². The van der Waals surface area contributed by atoms with Crippen LogP contribution in [0, 0.1) is 16.0 Å². The van der Waals surface area contributed by atoms with Gasteiger partial charge in [-0.25, -0.2) is 0 Å². The van der Waals surface area contributed by atoms with Crippen molar-refractivity contribution in [1.82, 2.24) is 0 Å². The molecule has 0 aliphatic heterocycles. The van der Waals surface area contributed by atoms with Crippen LogP contribution in [0.1, 0.15) is 63.0 Å². The molecule has 0 amide bonds. The van der Waals surface area contributed by atoms with Crippen LogP contribution in [0.2, 0.25) is 0 Å². The summed E-state index contributed by atoms with van der Waals surface area (Å²) >= 11 is 0. The number of unbranched alkanes of at least 4 members (excludes halogenated alkanes) is 5. The molecule has 1 aromatic carbocycles. The van der Waals surface area contributed by atoms with Gasteiger partial charge in [-0.2, -0.15) is 8.42 Å². The molecular weight excluding hydrogens is 330 g/mol. The van der Waals surface area contributed by atoms with Crippen LogP contribution in [-0.4, -0.2) is 17.9 Å². The zero-order valence-electron chi connectivity index (χ0n) is 14.0.